The Hall–Kier alpha value is -0.320. The number of furan rings is 1. The average molecular weight is 387 g/mol. The van der Waals surface area contributed by atoms with Crippen LogP contribution in [-0.4, -0.2) is 6.04 Å². The fraction of sp³-hybridized carbons (Fsp3) is 0.467. The molecule has 1 fully saturated rings. The Kier molecular flexibility index (Phi) is 3.76. The summed E-state index contributed by atoms with van der Waals surface area (Å²) in [5, 5.41) is 4.75. The highest BCUT2D eigenvalue weighted by atomic mass is 79.9. The van der Waals surface area contributed by atoms with E-state index in [1.54, 1.807) is 0 Å². The molecule has 0 atom stereocenters. The molecule has 3 rings (SSSR count). The summed E-state index contributed by atoms with van der Waals surface area (Å²) < 4.78 is 8.18. The van der Waals surface area contributed by atoms with Gasteiger partial charge in [0, 0.05) is 21.5 Å². The normalized spacial score (nSPS) is 15.6. The van der Waals surface area contributed by atoms with E-state index < -0.39 is 0 Å². The molecule has 1 saturated carbocycles. The molecule has 1 aliphatic rings. The molecule has 0 amide bonds. The number of fused-ring (bicyclic) bond motifs is 1. The van der Waals surface area contributed by atoms with Gasteiger partial charge in [-0.1, -0.05) is 29.8 Å². The molecule has 0 unspecified atom stereocenters. The summed E-state index contributed by atoms with van der Waals surface area (Å²) in [6.07, 6.45) is 2.60. The SMILES string of the molecule is CC(C)c1c(CNC2CC2)oc2c(Br)cc(Br)cc12. The molecule has 0 radical (unpaired) electrons. The average Bonchev–Trinajstić information content (AvgIpc) is 3.07. The van der Waals surface area contributed by atoms with Crippen molar-refractivity contribution in [1.82, 2.24) is 5.32 Å². The van der Waals surface area contributed by atoms with Gasteiger partial charge >= 0.3 is 0 Å². The van der Waals surface area contributed by atoms with Gasteiger partial charge in [0.1, 0.15) is 11.3 Å². The van der Waals surface area contributed by atoms with Crippen LogP contribution < -0.4 is 5.32 Å². The maximum atomic E-state index is 6.09. The van der Waals surface area contributed by atoms with E-state index in [2.05, 4.69) is 57.1 Å². The highest BCUT2D eigenvalue weighted by Crippen LogP contribution is 2.38. The zero-order chi connectivity index (χ0) is 13.6. The third kappa shape index (κ3) is 2.76. The van der Waals surface area contributed by atoms with Crippen LogP contribution in [-0.2, 0) is 6.54 Å². The molecule has 1 aromatic heterocycles. The van der Waals surface area contributed by atoms with Gasteiger partial charge in [0.2, 0.25) is 0 Å². The lowest BCUT2D eigenvalue weighted by atomic mass is 9.99. The summed E-state index contributed by atoms with van der Waals surface area (Å²) in [5.74, 6) is 1.54. The summed E-state index contributed by atoms with van der Waals surface area (Å²) >= 11 is 7.15. The minimum atomic E-state index is 0.457. The first-order valence-corrected chi connectivity index (χ1v) is 8.28. The Labute approximate surface area is 130 Å². The van der Waals surface area contributed by atoms with Gasteiger partial charge in [-0.15, -0.1) is 0 Å². The third-order valence-corrected chi connectivity index (χ3v) is 4.58. The predicted molar refractivity (Wildman–Crippen MR) is 85.6 cm³/mol. The Morgan fingerprint density at radius 1 is 1.32 bits per heavy atom. The maximum absolute atomic E-state index is 6.09. The Morgan fingerprint density at radius 2 is 2.05 bits per heavy atom. The summed E-state index contributed by atoms with van der Waals surface area (Å²) in [6.45, 7) is 5.27. The molecule has 1 aliphatic carbocycles. The van der Waals surface area contributed by atoms with E-state index >= 15 is 0 Å². The monoisotopic (exact) mass is 385 g/mol. The van der Waals surface area contributed by atoms with Crippen molar-refractivity contribution in [1.29, 1.82) is 0 Å². The van der Waals surface area contributed by atoms with E-state index in [-0.39, 0.29) is 0 Å². The maximum Gasteiger partial charge on any atom is 0.148 e. The lowest BCUT2D eigenvalue weighted by molar-refractivity contribution is 0.502. The predicted octanol–water partition coefficient (Wildman–Crippen LogP) is 5.33. The molecule has 2 nitrogen and oxygen atoms in total. The molecular weight excluding hydrogens is 370 g/mol. The second-order valence-corrected chi connectivity index (χ2v) is 7.28. The van der Waals surface area contributed by atoms with Crippen LogP contribution in [0.4, 0.5) is 0 Å². The van der Waals surface area contributed by atoms with E-state index in [4.69, 9.17) is 4.42 Å². The molecular formula is C15H17Br2NO. The highest BCUT2D eigenvalue weighted by molar-refractivity contribution is 9.11. The quantitative estimate of drug-likeness (QED) is 0.767. The lowest BCUT2D eigenvalue weighted by Crippen LogP contribution is -2.15. The van der Waals surface area contributed by atoms with Crippen LogP contribution in [0.15, 0.2) is 25.5 Å². The first-order valence-electron chi connectivity index (χ1n) is 6.70. The lowest BCUT2D eigenvalue weighted by Gasteiger charge is -2.07. The van der Waals surface area contributed by atoms with Crippen LogP contribution >= 0.6 is 31.9 Å². The molecule has 0 bridgehead atoms. The summed E-state index contributed by atoms with van der Waals surface area (Å²) in [5.41, 5.74) is 2.28. The Balaban J connectivity index is 2.08. The van der Waals surface area contributed by atoms with Gasteiger partial charge in [-0.05, 0) is 46.8 Å². The number of nitrogens with one attached hydrogen (secondary N) is 1. The second-order valence-electron chi connectivity index (χ2n) is 5.51. The van der Waals surface area contributed by atoms with E-state index in [9.17, 15) is 0 Å². The second kappa shape index (κ2) is 5.23. The fourth-order valence-corrected chi connectivity index (χ4v) is 3.79. The van der Waals surface area contributed by atoms with E-state index in [0.29, 0.717) is 12.0 Å². The van der Waals surface area contributed by atoms with Crippen molar-refractivity contribution in [3.8, 4) is 0 Å². The van der Waals surface area contributed by atoms with E-state index in [1.807, 2.05) is 6.07 Å². The molecule has 0 spiro atoms. The molecule has 1 heterocycles. The van der Waals surface area contributed by atoms with Crippen LogP contribution in [0.3, 0.4) is 0 Å². The topological polar surface area (TPSA) is 25.2 Å². The van der Waals surface area contributed by atoms with Crippen LogP contribution in [0.2, 0.25) is 0 Å². The zero-order valence-electron chi connectivity index (χ0n) is 11.1. The van der Waals surface area contributed by atoms with Gasteiger partial charge in [-0.3, -0.25) is 0 Å². The minimum Gasteiger partial charge on any atom is -0.458 e. The fourth-order valence-electron chi connectivity index (χ4n) is 2.48. The van der Waals surface area contributed by atoms with Gasteiger partial charge in [0.05, 0.1) is 11.0 Å². The number of halogens is 2. The van der Waals surface area contributed by atoms with Crippen LogP contribution in [0.25, 0.3) is 11.0 Å². The van der Waals surface area contributed by atoms with Gasteiger partial charge < -0.3 is 9.73 Å². The standard InChI is InChI=1S/C15H17Br2NO/c1-8(2)14-11-5-9(16)6-12(17)15(11)19-13(14)7-18-10-3-4-10/h5-6,8,10,18H,3-4,7H2,1-2H3. The summed E-state index contributed by atoms with van der Waals surface area (Å²) in [6, 6.07) is 4.89. The van der Waals surface area contributed by atoms with Crippen molar-refractivity contribution in [3.05, 3.63) is 32.4 Å². The molecule has 19 heavy (non-hydrogen) atoms. The van der Waals surface area contributed by atoms with Gasteiger partial charge in [-0.25, -0.2) is 0 Å². The molecule has 2 aromatic rings. The van der Waals surface area contributed by atoms with Crippen molar-refractivity contribution in [2.45, 2.75) is 45.2 Å². The van der Waals surface area contributed by atoms with Crippen molar-refractivity contribution >= 4 is 42.8 Å². The first-order chi connectivity index (χ1) is 9.06. The van der Waals surface area contributed by atoms with Gasteiger partial charge in [0.25, 0.3) is 0 Å². The van der Waals surface area contributed by atoms with Gasteiger partial charge in [-0.2, -0.15) is 0 Å². The first kappa shape index (κ1) is 13.7. The highest BCUT2D eigenvalue weighted by Gasteiger charge is 2.23. The van der Waals surface area contributed by atoms with E-state index in [1.165, 1.54) is 23.8 Å². The Bertz CT molecular complexity index is 614. The largest absolute Gasteiger partial charge is 0.458 e. The molecule has 102 valence electrons. The van der Waals surface area contributed by atoms with Crippen molar-refractivity contribution in [3.63, 3.8) is 0 Å². The molecule has 4 heteroatoms. The number of benzene rings is 1. The number of rotatable bonds is 4. The van der Waals surface area contributed by atoms with Crippen LogP contribution in [0.1, 0.15) is 43.9 Å². The van der Waals surface area contributed by atoms with Crippen LogP contribution in [0.5, 0.6) is 0 Å². The molecule has 0 aliphatic heterocycles. The van der Waals surface area contributed by atoms with Crippen molar-refractivity contribution in [2.24, 2.45) is 0 Å². The summed E-state index contributed by atoms with van der Waals surface area (Å²) in [4.78, 5) is 0. The van der Waals surface area contributed by atoms with Crippen molar-refractivity contribution in [2.75, 3.05) is 0 Å². The molecule has 0 saturated heterocycles. The minimum absolute atomic E-state index is 0.457. The van der Waals surface area contributed by atoms with Crippen molar-refractivity contribution < 1.29 is 4.42 Å². The number of hydrogen-bond acceptors (Lipinski definition) is 2. The zero-order valence-corrected chi connectivity index (χ0v) is 14.3. The summed E-state index contributed by atoms with van der Waals surface area (Å²) in [7, 11) is 0. The Morgan fingerprint density at radius 3 is 2.68 bits per heavy atom. The molecule has 1 N–H and O–H groups in total. The molecule has 1 aromatic carbocycles. The van der Waals surface area contributed by atoms with Gasteiger partial charge in [0.15, 0.2) is 0 Å². The van der Waals surface area contributed by atoms with Crippen LogP contribution in [0, 0.1) is 0 Å². The van der Waals surface area contributed by atoms with E-state index in [0.717, 1.165) is 26.8 Å². The smallest absolute Gasteiger partial charge is 0.148 e. The number of hydrogen-bond donors (Lipinski definition) is 1. The third-order valence-electron chi connectivity index (χ3n) is 3.53.